The molecule has 0 aromatic heterocycles. The zero-order chi connectivity index (χ0) is 12.3. The van der Waals surface area contributed by atoms with Gasteiger partial charge >= 0.3 is 0 Å². The molecule has 0 fully saturated rings. The molecule has 0 nitrogen and oxygen atoms in total. The van der Waals surface area contributed by atoms with Crippen molar-refractivity contribution in [3.8, 4) is 0 Å². The standard InChI is InChI=1S/C15H23Cl/c1-11-9-13(15(3,4)5)10-12(2)14(11)7-6-8-16/h9-10H,6-8H2,1-5H3. The van der Waals surface area contributed by atoms with Crippen LogP contribution in [0.5, 0.6) is 0 Å². The first-order valence-corrected chi connectivity index (χ1v) is 6.56. The van der Waals surface area contributed by atoms with Gasteiger partial charge in [-0.2, -0.15) is 0 Å². The molecule has 0 aliphatic rings. The summed E-state index contributed by atoms with van der Waals surface area (Å²) in [6.07, 6.45) is 2.17. The van der Waals surface area contributed by atoms with E-state index in [2.05, 4.69) is 46.8 Å². The quantitative estimate of drug-likeness (QED) is 0.666. The van der Waals surface area contributed by atoms with Crippen LogP contribution in [0.3, 0.4) is 0 Å². The highest BCUT2D eigenvalue weighted by molar-refractivity contribution is 6.17. The van der Waals surface area contributed by atoms with Crippen LogP contribution in [0.15, 0.2) is 12.1 Å². The second kappa shape index (κ2) is 5.23. The molecule has 0 aliphatic heterocycles. The van der Waals surface area contributed by atoms with E-state index in [-0.39, 0.29) is 5.41 Å². The molecule has 16 heavy (non-hydrogen) atoms. The Hall–Kier alpha value is -0.490. The van der Waals surface area contributed by atoms with Crippen molar-refractivity contribution in [2.45, 2.75) is 52.9 Å². The van der Waals surface area contributed by atoms with Crippen LogP contribution in [0, 0.1) is 13.8 Å². The van der Waals surface area contributed by atoms with Gasteiger partial charge in [-0.25, -0.2) is 0 Å². The topological polar surface area (TPSA) is 0 Å². The zero-order valence-electron chi connectivity index (χ0n) is 11.2. The summed E-state index contributed by atoms with van der Waals surface area (Å²) in [6, 6.07) is 4.66. The van der Waals surface area contributed by atoms with Crippen molar-refractivity contribution < 1.29 is 0 Å². The van der Waals surface area contributed by atoms with E-state index < -0.39 is 0 Å². The van der Waals surface area contributed by atoms with Gasteiger partial charge in [-0.1, -0.05) is 32.9 Å². The van der Waals surface area contributed by atoms with Gasteiger partial charge in [-0.05, 0) is 54.4 Å². The van der Waals surface area contributed by atoms with Crippen molar-refractivity contribution in [2.75, 3.05) is 5.88 Å². The number of alkyl halides is 1. The minimum Gasteiger partial charge on any atom is -0.127 e. The first-order chi connectivity index (χ1) is 7.36. The molecule has 0 N–H and O–H groups in total. The molecular formula is C15H23Cl. The Kier molecular flexibility index (Phi) is 4.43. The fourth-order valence-corrected chi connectivity index (χ4v) is 2.20. The maximum atomic E-state index is 5.76. The molecule has 1 aromatic carbocycles. The van der Waals surface area contributed by atoms with Gasteiger partial charge in [0.15, 0.2) is 0 Å². The predicted octanol–water partition coefficient (Wildman–Crippen LogP) is 4.77. The summed E-state index contributed by atoms with van der Waals surface area (Å²) in [7, 11) is 0. The van der Waals surface area contributed by atoms with Crippen LogP contribution in [0.4, 0.5) is 0 Å². The summed E-state index contributed by atoms with van der Waals surface area (Å²) in [4.78, 5) is 0. The smallest absolute Gasteiger partial charge is 0.0226 e. The van der Waals surface area contributed by atoms with Gasteiger partial charge in [0.2, 0.25) is 0 Å². The monoisotopic (exact) mass is 238 g/mol. The van der Waals surface area contributed by atoms with Crippen LogP contribution in [-0.2, 0) is 11.8 Å². The molecule has 0 radical (unpaired) electrons. The molecule has 0 amide bonds. The zero-order valence-corrected chi connectivity index (χ0v) is 11.9. The van der Waals surface area contributed by atoms with Gasteiger partial charge in [0, 0.05) is 5.88 Å². The van der Waals surface area contributed by atoms with Gasteiger partial charge in [-0.15, -0.1) is 11.6 Å². The lowest BCUT2D eigenvalue weighted by Gasteiger charge is -2.22. The molecule has 1 rings (SSSR count). The number of rotatable bonds is 3. The van der Waals surface area contributed by atoms with Crippen LogP contribution in [0.2, 0.25) is 0 Å². The van der Waals surface area contributed by atoms with Gasteiger partial charge in [-0.3, -0.25) is 0 Å². The molecular weight excluding hydrogens is 216 g/mol. The highest BCUT2D eigenvalue weighted by Crippen LogP contribution is 2.27. The van der Waals surface area contributed by atoms with E-state index in [0.717, 1.165) is 18.7 Å². The van der Waals surface area contributed by atoms with E-state index in [0.29, 0.717) is 0 Å². The Bertz CT molecular complexity index is 335. The van der Waals surface area contributed by atoms with Crippen molar-refractivity contribution >= 4 is 11.6 Å². The van der Waals surface area contributed by atoms with Crippen LogP contribution in [0.25, 0.3) is 0 Å². The molecule has 0 atom stereocenters. The SMILES string of the molecule is Cc1cc(C(C)(C)C)cc(C)c1CCCCl. The van der Waals surface area contributed by atoms with Crippen molar-refractivity contribution in [3.05, 3.63) is 34.4 Å². The summed E-state index contributed by atoms with van der Waals surface area (Å²) < 4.78 is 0. The van der Waals surface area contributed by atoms with E-state index in [1.165, 1.54) is 22.3 Å². The third kappa shape index (κ3) is 3.25. The van der Waals surface area contributed by atoms with Crippen molar-refractivity contribution in [2.24, 2.45) is 0 Å². The Morgan fingerprint density at radius 2 is 1.56 bits per heavy atom. The molecule has 1 aromatic rings. The largest absolute Gasteiger partial charge is 0.127 e. The summed E-state index contributed by atoms with van der Waals surface area (Å²) in [6.45, 7) is 11.2. The molecule has 0 heterocycles. The lowest BCUT2D eigenvalue weighted by Crippen LogP contribution is -2.12. The van der Waals surface area contributed by atoms with Crippen LogP contribution >= 0.6 is 11.6 Å². The number of hydrogen-bond donors (Lipinski definition) is 0. The fraction of sp³-hybridized carbons (Fsp3) is 0.600. The Morgan fingerprint density at radius 1 is 1.06 bits per heavy atom. The highest BCUT2D eigenvalue weighted by atomic mass is 35.5. The second-order valence-electron chi connectivity index (χ2n) is 5.63. The van der Waals surface area contributed by atoms with Crippen molar-refractivity contribution in [3.63, 3.8) is 0 Å². The van der Waals surface area contributed by atoms with Crippen LogP contribution in [-0.4, -0.2) is 5.88 Å². The van der Waals surface area contributed by atoms with E-state index >= 15 is 0 Å². The number of halogens is 1. The van der Waals surface area contributed by atoms with Gasteiger partial charge in [0.25, 0.3) is 0 Å². The first kappa shape index (κ1) is 13.6. The summed E-state index contributed by atoms with van der Waals surface area (Å²) in [5.41, 5.74) is 5.97. The second-order valence-corrected chi connectivity index (χ2v) is 6.01. The fourth-order valence-electron chi connectivity index (χ4n) is 2.06. The summed E-state index contributed by atoms with van der Waals surface area (Å²) in [5, 5.41) is 0. The molecule has 0 saturated carbocycles. The van der Waals surface area contributed by atoms with Gasteiger partial charge in [0.1, 0.15) is 0 Å². The van der Waals surface area contributed by atoms with Crippen molar-refractivity contribution in [1.29, 1.82) is 0 Å². The Balaban J connectivity index is 3.08. The molecule has 0 aliphatic carbocycles. The van der Waals surface area contributed by atoms with Crippen LogP contribution < -0.4 is 0 Å². The molecule has 90 valence electrons. The third-order valence-electron chi connectivity index (χ3n) is 3.12. The Labute approximate surface area is 105 Å². The van der Waals surface area contributed by atoms with E-state index in [9.17, 15) is 0 Å². The molecule has 0 bridgehead atoms. The molecule has 0 spiro atoms. The lowest BCUT2D eigenvalue weighted by atomic mass is 9.83. The van der Waals surface area contributed by atoms with E-state index in [1.54, 1.807) is 0 Å². The van der Waals surface area contributed by atoms with Gasteiger partial charge in [0.05, 0.1) is 0 Å². The number of aryl methyl sites for hydroxylation is 2. The number of hydrogen-bond acceptors (Lipinski definition) is 0. The molecule has 0 unspecified atom stereocenters. The van der Waals surface area contributed by atoms with E-state index in [4.69, 9.17) is 11.6 Å². The van der Waals surface area contributed by atoms with Gasteiger partial charge < -0.3 is 0 Å². The minimum atomic E-state index is 0.237. The average Bonchev–Trinajstić information content (AvgIpc) is 2.15. The third-order valence-corrected chi connectivity index (χ3v) is 3.39. The predicted molar refractivity (Wildman–Crippen MR) is 73.7 cm³/mol. The summed E-state index contributed by atoms with van der Waals surface area (Å²) in [5.74, 6) is 0.750. The highest BCUT2D eigenvalue weighted by Gasteiger charge is 2.15. The lowest BCUT2D eigenvalue weighted by molar-refractivity contribution is 0.588. The van der Waals surface area contributed by atoms with Crippen LogP contribution in [0.1, 0.15) is 49.4 Å². The normalized spacial score (nSPS) is 11.9. The number of benzene rings is 1. The maximum Gasteiger partial charge on any atom is 0.0226 e. The van der Waals surface area contributed by atoms with Crippen molar-refractivity contribution in [1.82, 2.24) is 0 Å². The molecule has 0 saturated heterocycles. The minimum absolute atomic E-state index is 0.237. The Morgan fingerprint density at radius 3 is 1.94 bits per heavy atom. The van der Waals surface area contributed by atoms with E-state index in [1.807, 2.05) is 0 Å². The average molecular weight is 239 g/mol. The first-order valence-electron chi connectivity index (χ1n) is 6.03. The molecule has 1 heteroatoms. The summed E-state index contributed by atoms with van der Waals surface area (Å²) >= 11 is 5.76. The maximum absolute atomic E-state index is 5.76.